The molecule has 0 aliphatic carbocycles. The summed E-state index contributed by atoms with van der Waals surface area (Å²) in [4.78, 5) is 0. The Morgan fingerprint density at radius 3 is 2.71 bits per heavy atom. The third-order valence-corrected chi connectivity index (χ3v) is 0.626. The Kier molecular flexibility index (Phi) is 5.80. The maximum atomic E-state index is 11.2. The molecule has 1 nitrogen and oxygen atoms in total. The SMILES string of the molecule is CCOCCCF. The topological polar surface area (TPSA) is 9.23 Å². The van der Waals surface area contributed by atoms with E-state index in [1.54, 1.807) is 0 Å². The van der Waals surface area contributed by atoms with Gasteiger partial charge in [0.1, 0.15) is 0 Å². The molecule has 0 aromatic heterocycles. The monoisotopic (exact) mass is 106 g/mol. The second-order valence-corrected chi connectivity index (χ2v) is 1.24. The summed E-state index contributed by atoms with van der Waals surface area (Å²) in [5, 5.41) is 0. The molecule has 0 saturated carbocycles. The summed E-state index contributed by atoms with van der Waals surface area (Å²) < 4.78 is 16.1. The Morgan fingerprint density at radius 2 is 2.29 bits per heavy atom. The van der Waals surface area contributed by atoms with Gasteiger partial charge in [-0.25, -0.2) is 0 Å². The van der Waals surface area contributed by atoms with E-state index < -0.39 is 0 Å². The highest BCUT2D eigenvalue weighted by atomic mass is 19.1. The molecule has 7 heavy (non-hydrogen) atoms. The fraction of sp³-hybridized carbons (Fsp3) is 1.00. The summed E-state index contributed by atoms with van der Waals surface area (Å²) in [7, 11) is 0. The average molecular weight is 106 g/mol. The molecular formula is C5H11FO. The lowest BCUT2D eigenvalue weighted by Gasteiger charge is -1.93. The minimum atomic E-state index is -0.264. The highest BCUT2D eigenvalue weighted by molar-refractivity contribution is 4.28. The van der Waals surface area contributed by atoms with Crippen LogP contribution in [-0.2, 0) is 4.74 Å². The van der Waals surface area contributed by atoms with Crippen LogP contribution in [0.25, 0.3) is 0 Å². The first-order valence-corrected chi connectivity index (χ1v) is 2.55. The second-order valence-electron chi connectivity index (χ2n) is 1.24. The van der Waals surface area contributed by atoms with Crippen molar-refractivity contribution in [2.24, 2.45) is 0 Å². The molecule has 0 aliphatic rings. The van der Waals surface area contributed by atoms with Crippen molar-refractivity contribution in [3.05, 3.63) is 0 Å². The fourth-order valence-electron chi connectivity index (χ4n) is 0.301. The Morgan fingerprint density at radius 1 is 1.57 bits per heavy atom. The summed E-state index contributed by atoms with van der Waals surface area (Å²) in [6.45, 7) is 2.89. The maximum absolute atomic E-state index is 11.2. The summed E-state index contributed by atoms with van der Waals surface area (Å²) in [5.41, 5.74) is 0. The lowest BCUT2D eigenvalue weighted by atomic mass is 10.5. The molecule has 0 fully saturated rings. The van der Waals surface area contributed by atoms with Gasteiger partial charge in [-0.1, -0.05) is 0 Å². The predicted molar refractivity (Wildman–Crippen MR) is 27.1 cm³/mol. The van der Waals surface area contributed by atoms with Gasteiger partial charge in [0.2, 0.25) is 0 Å². The normalized spacial score (nSPS) is 9.43. The predicted octanol–water partition coefficient (Wildman–Crippen LogP) is 1.38. The van der Waals surface area contributed by atoms with Gasteiger partial charge in [-0.05, 0) is 13.3 Å². The number of hydrogen-bond donors (Lipinski definition) is 0. The van der Waals surface area contributed by atoms with E-state index in [4.69, 9.17) is 4.74 Å². The van der Waals surface area contributed by atoms with Crippen LogP contribution >= 0.6 is 0 Å². The average Bonchev–Trinajstić information content (AvgIpc) is 1.69. The van der Waals surface area contributed by atoms with Gasteiger partial charge in [0.05, 0.1) is 6.67 Å². The number of rotatable bonds is 4. The lowest BCUT2D eigenvalue weighted by molar-refractivity contribution is 0.139. The molecule has 0 aromatic carbocycles. The van der Waals surface area contributed by atoms with E-state index in [-0.39, 0.29) is 6.67 Å². The van der Waals surface area contributed by atoms with Gasteiger partial charge in [-0.2, -0.15) is 0 Å². The first-order chi connectivity index (χ1) is 3.41. The zero-order valence-corrected chi connectivity index (χ0v) is 4.61. The Hall–Kier alpha value is -0.110. The molecule has 0 unspecified atom stereocenters. The zero-order chi connectivity index (χ0) is 5.54. The number of alkyl halides is 1. The van der Waals surface area contributed by atoms with E-state index in [1.165, 1.54) is 0 Å². The summed E-state index contributed by atoms with van der Waals surface area (Å²) in [5.74, 6) is 0. The molecule has 0 amide bonds. The van der Waals surface area contributed by atoms with E-state index in [0.717, 1.165) is 0 Å². The van der Waals surface area contributed by atoms with Crippen LogP contribution < -0.4 is 0 Å². The van der Waals surface area contributed by atoms with Gasteiger partial charge in [0, 0.05) is 13.2 Å². The van der Waals surface area contributed by atoms with Crippen molar-refractivity contribution in [3.8, 4) is 0 Å². The van der Waals surface area contributed by atoms with Gasteiger partial charge in [0.15, 0.2) is 0 Å². The Balaban J connectivity index is 2.45. The standard InChI is InChI=1S/C5H11FO/c1-2-7-5-3-4-6/h2-5H2,1H3. The molecule has 0 radical (unpaired) electrons. The number of halogens is 1. The third-order valence-electron chi connectivity index (χ3n) is 0.626. The first-order valence-electron chi connectivity index (χ1n) is 2.55. The molecule has 44 valence electrons. The Bertz CT molecular complexity index is 27.3. The van der Waals surface area contributed by atoms with Crippen molar-refractivity contribution in [2.45, 2.75) is 13.3 Å². The highest BCUT2D eigenvalue weighted by Gasteiger charge is 1.80. The molecule has 0 spiro atoms. The van der Waals surface area contributed by atoms with Crippen molar-refractivity contribution in [1.29, 1.82) is 0 Å². The van der Waals surface area contributed by atoms with Crippen LogP contribution in [0.15, 0.2) is 0 Å². The van der Waals surface area contributed by atoms with E-state index in [0.29, 0.717) is 19.6 Å². The minimum absolute atomic E-state index is 0.264. The second kappa shape index (κ2) is 5.89. The van der Waals surface area contributed by atoms with Gasteiger partial charge >= 0.3 is 0 Å². The first kappa shape index (κ1) is 6.89. The van der Waals surface area contributed by atoms with Crippen LogP contribution in [0.5, 0.6) is 0 Å². The van der Waals surface area contributed by atoms with Gasteiger partial charge in [-0.15, -0.1) is 0 Å². The minimum Gasteiger partial charge on any atom is -0.382 e. The van der Waals surface area contributed by atoms with E-state index in [2.05, 4.69) is 0 Å². The van der Waals surface area contributed by atoms with Crippen LogP contribution in [0.2, 0.25) is 0 Å². The number of hydrogen-bond acceptors (Lipinski definition) is 1. The third kappa shape index (κ3) is 5.89. The largest absolute Gasteiger partial charge is 0.382 e. The van der Waals surface area contributed by atoms with E-state index in [9.17, 15) is 4.39 Å². The molecule has 0 N–H and O–H groups in total. The summed E-state index contributed by atoms with van der Waals surface area (Å²) >= 11 is 0. The summed E-state index contributed by atoms with van der Waals surface area (Å²) in [6, 6.07) is 0. The molecule has 0 aromatic rings. The van der Waals surface area contributed by atoms with Crippen molar-refractivity contribution in [3.63, 3.8) is 0 Å². The molecule has 0 bridgehead atoms. The molecule has 0 saturated heterocycles. The number of ether oxygens (including phenoxy) is 1. The molecule has 2 heteroatoms. The lowest BCUT2D eigenvalue weighted by Crippen LogP contribution is -1.92. The maximum Gasteiger partial charge on any atom is 0.0916 e. The van der Waals surface area contributed by atoms with Crippen LogP contribution in [0.4, 0.5) is 4.39 Å². The van der Waals surface area contributed by atoms with Crippen LogP contribution in [-0.4, -0.2) is 19.9 Å². The summed E-state index contributed by atoms with van der Waals surface area (Å²) in [6.07, 6.45) is 0.536. The van der Waals surface area contributed by atoms with E-state index in [1.807, 2.05) is 6.92 Å². The van der Waals surface area contributed by atoms with Crippen molar-refractivity contribution < 1.29 is 9.13 Å². The van der Waals surface area contributed by atoms with Gasteiger partial charge in [0.25, 0.3) is 0 Å². The highest BCUT2D eigenvalue weighted by Crippen LogP contribution is 1.81. The molecule has 0 atom stereocenters. The molecule has 0 heterocycles. The molecule has 0 rings (SSSR count). The van der Waals surface area contributed by atoms with Gasteiger partial charge in [-0.3, -0.25) is 4.39 Å². The quantitative estimate of drug-likeness (QED) is 0.492. The van der Waals surface area contributed by atoms with Crippen LogP contribution in [0.3, 0.4) is 0 Å². The van der Waals surface area contributed by atoms with Crippen LogP contribution in [0.1, 0.15) is 13.3 Å². The molecule has 0 aliphatic heterocycles. The smallest absolute Gasteiger partial charge is 0.0916 e. The van der Waals surface area contributed by atoms with Crippen molar-refractivity contribution in [1.82, 2.24) is 0 Å². The van der Waals surface area contributed by atoms with Crippen molar-refractivity contribution >= 4 is 0 Å². The van der Waals surface area contributed by atoms with Gasteiger partial charge < -0.3 is 4.74 Å². The van der Waals surface area contributed by atoms with Crippen molar-refractivity contribution in [2.75, 3.05) is 19.9 Å². The van der Waals surface area contributed by atoms with E-state index >= 15 is 0 Å². The van der Waals surface area contributed by atoms with Crippen LogP contribution in [0, 0.1) is 0 Å². The fourth-order valence-corrected chi connectivity index (χ4v) is 0.301. The Labute approximate surface area is 43.5 Å². The zero-order valence-electron chi connectivity index (χ0n) is 4.61. The molecular weight excluding hydrogens is 95.1 g/mol.